The lowest BCUT2D eigenvalue weighted by Crippen LogP contribution is -1.93. The zero-order chi connectivity index (χ0) is 12.4. The van der Waals surface area contributed by atoms with Gasteiger partial charge in [-0.05, 0) is 23.8 Å². The van der Waals surface area contributed by atoms with Crippen LogP contribution in [-0.2, 0) is 0 Å². The van der Waals surface area contributed by atoms with Crippen LogP contribution in [0.4, 0.5) is 13.2 Å². The van der Waals surface area contributed by atoms with Crippen LogP contribution in [0.25, 0.3) is 11.1 Å². The van der Waals surface area contributed by atoms with Crippen molar-refractivity contribution in [2.45, 2.75) is 0 Å². The Morgan fingerprint density at radius 1 is 0.941 bits per heavy atom. The normalized spacial score (nSPS) is 10.3. The molecule has 0 amide bonds. The van der Waals surface area contributed by atoms with Crippen LogP contribution in [0, 0.1) is 17.5 Å². The molecule has 0 aromatic heterocycles. The average molecular weight is 236 g/mol. The summed E-state index contributed by atoms with van der Waals surface area (Å²) < 4.78 is 39.7. The van der Waals surface area contributed by atoms with Crippen LogP contribution in [0.1, 0.15) is 10.4 Å². The average Bonchev–Trinajstić information content (AvgIpc) is 2.28. The number of aldehydes is 1. The third-order valence-electron chi connectivity index (χ3n) is 2.33. The van der Waals surface area contributed by atoms with Crippen LogP contribution in [0.3, 0.4) is 0 Å². The molecule has 0 saturated carbocycles. The van der Waals surface area contributed by atoms with Gasteiger partial charge in [0.2, 0.25) is 0 Å². The van der Waals surface area contributed by atoms with Gasteiger partial charge >= 0.3 is 0 Å². The summed E-state index contributed by atoms with van der Waals surface area (Å²) in [6.45, 7) is 0. The Kier molecular flexibility index (Phi) is 2.95. The second kappa shape index (κ2) is 4.41. The van der Waals surface area contributed by atoms with E-state index < -0.39 is 17.5 Å². The van der Waals surface area contributed by atoms with Crippen molar-refractivity contribution in [1.82, 2.24) is 0 Å². The van der Waals surface area contributed by atoms with Crippen molar-refractivity contribution in [1.29, 1.82) is 0 Å². The monoisotopic (exact) mass is 236 g/mol. The summed E-state index contributed by atoms with van der Waals surface area (Å²) in [6.07, 6.45) is 0.356. The van der Waals surface area contributed by atoms with E-state index in [1.165, 1.54) is 18.2 Å². The second-order valence-electron chi connectivity index (χ2n) is 3.48. The molecule has 2 rings (SSSR count). The van der Waals surface area contributed by atoms with E-state index in [9.17, 15) is 18.0 Å². The number of rotatable bonds is 2. The van der Waals surface area contributed by atoms with Crippen molar-refractivity contribution in [2.75, 3.05) is 0 Å². The van der Waals surface area contributed by atoms with E-state index in [4.69, 9.17) is 0 Å². The molecular weight excluding hydrogens is 229 g/mol. The molecule has 0 aliphatic rings. The first-order chi connectivity index (χ1) is 8.11. The topological polar surface area (TPSA) is 17.1 Å². The van der Waals surface area contributed by atoms with Gasteiger partial charge in [-0.15, -0.1) is 0 Å². The smallest absolute Gasteiger partial charge is 0.153 e. The summed E-state index contributed by atoms with van der Waals surface area (Å²) in [5, 5.41) is 0. The molecule has 0 unspecified atom stereocenters. The van der Waals surface area contributed by atoms with Crippen molar-refractivity contribution in [3.63, 3.8) is 0 Å². The van der Waals surface area contributed by atoms with Gasteiger partial charge in [0.15, 0.2) is 6.29 Å². The Morgan fingerprint density at radius 3 is 2.18 bits per heavy atom. The fraction of sp³-hybridized carbons (Fsp3) is 0. The van der Waals surface area contributed by atoms with Gasteiger partial charge < -0.3 is 0 Å². The zero-order valence-electron chi connectivity index (χ0n) is 8.58. The van der Waals surface area contributed by atoms with Gasteiger partial charge in [-0.2, -0.15) is 0 Å². The first kappa shape index (κ1) is 11.4. The minimum absolute atomic E-state index is 0.00648. The molecule has 0 aliphatic heterocycles. The highest BCUT2D eigenvalue weighted by molar-refractivity contribution is 5.79. The minimum Gasteiger partial charge on any atom is -0.298 e. The third kappa shape index (κ3) is 2.20. The van der Waals surface area contributed by atoms with E-state index in [0.29, 0.717) is 12.4 Å². The summed E-state index contributed by atoms with van der Waals surface area (Å²) in [4.78, 5) is 10.6. The van der Waals surface area contributed by atoms with Crippen LogP contribution in [-0.4, -0.2) is 6.29 Å². The molecule has 0 saturated heterocycles. The van der Waals surface area contributed by atoms with Crippen LogP contribution in [0.15, 0.2) is 36.4 Å². The van der Waals surface area contributed by atoms with Gasteiger partial charge in [0, 0.05) is 11.6 Å². The summed E-state index contributed by atoms with van der Waals surface area (Å²) >= 11 is 0. The molecule has 0 aliphatic carbocycles. The highest BCUT2D eigenvalue weighted by Gasteiger charge is 2.11. The minimum atomic E-state index is -0.795. The van der Waals surface area contributed by atoms with Gasteiger partial charge in [-0.3, -0.25) is 4.79 Å². The Labute approximate surface area is 95.5 Å². The molecule has 0 spiro atoms. The predicted molar refractivity (Wildman–Crippen MR) is 57.1 cm³/mol. The maximum atomic E-state index is 13.7. The lowest BCUT2D eigenvalue weighted by molar-refractivity contribution is 0.112. The molecule has 0 N–H and O–H groups in total. The fourth-order valence-corrected chi connectivity index (χ4v) is 1.57. The summed E-state index contributed by atoms with van der Waals surface area (Å²) in [5.74, 6) is -2.38. The first-order valence-corrected chi connectivity index (χ1v) is 4.82. The molecule has 0 fully saturated rings. The molecule has 86 valence electrons. The molecule has 2 aromatic carbocycles. The Hall–Kier alpha value is -2.10. The van der Waals surface area contributed by atoms with Crippen LogP contribution < -0.4 is 0 Å². The van der Waals surface area contributed by atoms with Gasteiger partial charge in [0.1, 0.15) is 17.5 Å². The molecule has 0 heterocycles. The molecular formula is C13H7F3O. The summed E-state index contributed by atoms with van der Waals surface area (Å²) in [7, 11) is 0. The number of carbonyl (C=O) groups excluding carboxylic acids is 1. The SMILES string of the molecule is O=Cc1cccc(-c2cc(F)cc(F)c2)c1F. The van der Waals surface area contributed by atoms with E-state index in [1.807, 2.05) is 0 Å². The van der Waals surface area contributed by atoms with Crippen molar-refractivity contribution in [3.8, 4) is 11.1 Å². The molecule has 2 aromatic rings. The quantitative estimate of drug-likeness (QED) is 0.728. The number of halogens is 3. The molecule has 0 atom stereocenters. The fourth-order valence-electron chi connectivity index (χ4n) is 1.57. The summed E-state index contributed by atoms with van der Waals surface area (Å²) in [6, 6.07) is 6.82. The predicted octanol–water partition coefficient (Wildman–Crippen LogP) is 3.58. The van der Waals surface area contributed by atoms with Crippen molar-refractivity contribution in [3.05, 3.63) is 59.4 Å². The summed E-state index contributed by atoms with van der Waals surface area (Å²) in [5.41, 5.74) is -0.0936. The molecule has 17 heavy (non-hydrogen) atoms. The number of carbonyl (C=O) groups is 1. The number of benzene rings is 2. The Bertz CT molecular complexity index is 559. The zero-order valence-corrected chi connectivity index (χ0v) is 8.58. The largest absolute Gasteiger partial charge is 0.298 e. The number of hydrogen-bond donors (Lipinski definition) is 0. The van der Waals surface area contributed by atoms with Crippen LogP contribution in [0.2, 0.25) is 0 Å². The third-order valence-corrected chi connectivity index (χ3v) is 2.33. The highest BCUT2D eigenvalue weighted by Crippen LogP contribution is 2.25. The van der Waals surface area contributed by atoms with Crippen molar-refractivity contribution in [2.24, 2.45) is 0 Å². The molecule has 0 radical (unpaired) electrons. The van der Waals surface area contributed by atoms with E-state index >= 15 is 0 Å². The van der Waals surface area contributed by atoms with Crippen LogP contribution in [0.5, 0.6) is 0 Å². The van der Waals surface area contributed by atoms with Gasteiger partial charge in [0.25, 0.3) is 0 Å². The highest BCUT2D eigenvalue weighted by atomic mass is 19.1. The standard InChI is InChI=1S/C13H7F3O/c14-10-4-9(5-11(15)6-10)12-3-1-2-8(7-17)13(12)16/h1-7H. The first-order valence-electron chi connectivity index (χ1n) is 4.82. The van der Waals surface area contributed by atoms with E-state index in [0.717, 1.165) is 12.1 Å². The van der Waals surface area contributed by atoms with Crippen molar-refractivity contribution < 1.29 is 18.0 Å². The maximum Gasteiger partial charge on any atom is 0.153 e. The lowest BCUT2D eigenvalue weighted by Gasteiger charge is -2.05. The van der Waals surface area contributed by atoms with E-state index in [2.05, 4.69) is 0 Å². The maximum absolute atomic E-state index is 13.7. The molecule has 0 bridgehead atoms. The van der Waals surface area contributed by atoms with Gasteiger partial charge in [-0.25, -0.2) is 13.2 Å². The Morgan fingerprint density at radius 2 is 1.59 bits per heavy atom. The van der Waals surface area contributed by atoms with Gasteiger partial charge in [0.05, 0.1) is 5.56 Å². The lowest BCUT2D eigenvalue weighted by atomic mass is 10.0. The van der Waals surface area contributed by atoms with E-state index in [-0.39, 0.29) is 16.7 Å². The van der Waals surface area contributed by atoms with E-state index in [1.54, 1.807) is 0 Å². The molecule has 1 nitrogen and oxygen atoms in total. The Balaban J connectivity index is 2.64. The van der Waals surface area contributed by atoms with Crippen LogP contribution >= 0.6 is 0 Å². The second-order valence-corrected chi connectivity index (χ2v) is 3.48. The number of hydrogen-bond acceptors (Lipinski definition) is 1. The van der Waals surface area contributed by atoms with Gasteiger partial charge in [-0.1, -0.05) is 12.1 Å². The van der Waals surface area contributed by atoms with Crippen molar-refractivity contribution >= 4 is 6.29 Å². The molecule has 4 heteroatoms.